The number of carbonyl (C=O) groups is 1. The number of halogens is 1. The fraction of sp³-hybridized carbons (Fsp3) is 0.462. The SMILES string of the molecule is O=C(Nc1cccc(N2CCOCC2)c1)OCCCl. The van der Waals surface area contributed by atoms with E-state index in [0.29, 0.717) is 11.6 Å². The lowest BCUT2D eigenvalue weighted by Crippen LogP contribution is -2.36. The Morgan fingerprint density at radius 3 is 2.95 bits per heavy atom. The van der Waals surface area contributed by atoms with E-state index in [1.165, 1.54) is 0 Å². The van der Waals surface area contributed by atoms with Crippen LogP contribution in [0.1, 0.15) is 0 Å². The first-order valence-electron chi connectivity index (χ1n) is 6.22. The second-order valence-electron chi connectivity index (χ2n) is 4.10. The van der Waals surface area contributed by atoms with Crippen LogP contribution in [0.4, 0.5) is 16.2 Å². The van der Waals surface area contributed by atoms with Gasteiger partial charge in [-0.25, -0.2) is 4.79 Å². The van der Waals surface area contributed by atoms with Crippen molar-refractivity contribution in [3.63, 3.8) is 0 Å². The van der Waals surface area contributed by atoms with E-state index in [-0.39, 0.29) is 6.61 Å². The molecule has 1 aliphatic rings. The van der Waals surface area contributed by atoms with Gasteiger partial charge in [-0.15, -0.1) is 11.6 Å². The lowest BCUT2D eigenvalue weighted by atomic mass is 10.2. The van der Waals surface area contributed by atoms with Gasteiger partial charge in [-0.3, -0.25) is 5.32 Å². The number of rotatable bonds is 4. The van der Waals surface area contributed by atoms with Crippen molar-refractivity contribution >= 4 is 29.1 Å². The summed E-state index contributed by atoms with van der Waals surface area (Å²) in [6.07, 6.45) is -0.486. The average Bonchev–Trinajstić information content (AvgIpc) is 2.46. The first-order chi connectivity index (χ1) is 9.29. The molecule has 1 amide bonds. The van der Waals surface area contributed by atoms with Gasteiger partial charge in [-0.05, 0) is 18.2 Å². The molecule has 0 bridgehead atoms. The van der Waals surface area contributed by atoms with E-state index in [1.54, 1.807) is 0 Å². The third kappa shape index (κ3) is 4.29. The highest BCUT2D eigenvalue weighted by molar-refractivity contribution is 6.18. The number of hydrogen-bond donors (Lipinski definition) is 1. The Morgan fingerprint density at radius 1 is 1.42 bits per heavy atom. The largest absolute Gasteiger partial charge is 0.448 e. The molecular formula is C13H17ClN2O3. The van der Waals surface area contributed by atoms with Gasteiger partial charge in [0.05, 0.1) is 19.1 Å². The monoisotopic (exact) mass is 284 g/mol. The van der Waals surface area contributed by atoms with Crippen LogP contribution in [0.2, 0.25) is 0 Å². The molecule has 1 fully saturated rings. The third-order valence-corrected chi connectivity index (χ3v) is 2.93. The zero-order valence-corrected chi connectivity index (χ0v) is 11.4. The summed E-state index contributed by atoms with van der Waals surface area (Å²) in [7, 11) is 0. The Bertz CT molecular complexity index is 422. The molecule has 1 heterocycles. The van der Waals surface area contributed by atoms with Crippen LogP contribution in [-0.4, -0.2) is 44.9 Å². The van der Waals surface area contributed by atoms with Crippen molar-refractivity contribution in [3.8, 4) is 0 Å². The first kappa shape index (κ1) is 14.0. The highest BCUT2D eigenvalue weighted by Gasteiger charge is 2.12. The van der Waals surface area contributed by atoms with E-state index in [0.717, 1.165) is 32.0 Å². The minimum absolute atomic E-state index is 0.205. The molecule has 1 aliphatic heterocycles. The number of nitrogens with one attached hydrogen (secondary N) is 1. The van der Waals surface area contributed by atoms with Crippen LogP contribution in [0.15, 0.2) is 24.3 Å². The van der Waals surface area contributed by atoms with Crippen molar-refractivity contribution < 1.29 is 14.3 Å². The molecular weight excluding hydrogens is 268 g/mol. The van der Waals surface area contributed by atoms with Gasteiger partial charge >= 0.3 is 6.09 Å². The topological polar surface area (TPSA) is 50.8 Å². The lowest BCUT2D eigenvalue weighted by Gasteiger charge is -2.29. The van der Waals surface area contributed by atoms with Gasteiger partial charge in [0.1, 0.15) is 6.61 Å². The molecule has 5 nitrogen and oxygen atoms in total. The predicted molar refractivity (Wildman–Crippen MR) is 75.2 cm³/mol. The van der Waals surface area contributed by atoms with E-state index in [1.807, 2.05) is 24.3 Å². The maximum absolute atomic E-state index is 11.4. The van der Waals surface area contributed by atoms with Gasteiger partial charge < -0.3 is 14.4 Å². The minimum Gasteiger partial charge on any atom is -0.448 e. The standard InChI is InChI=1S/C13H17ClN2O3/c14-4-7-19-13(17)15-11-2-1-3-12(10-11)16-5-8-18-9-6-16/h1-3,10H,4-9H2,(H,15,17). The van der Waals surface area contributed by atoms with Gasteiger partial charge in [0.25, 0.3) is 0 Å². The van der Waals surface area contributed by atoms with Gasteiger partial charge in [-0.1, -0.05) is 6.07 Å². The second kappa shape index (κ2) is 7.21. The molecule has 0 unspecified atom stereocenters. The normalized spacial score (nSPS) is 15.1. The fourth-order valence-corrected chi connectivity index (χ4v) is 1.96. The van der Waals surface area contributed by atoms with Gasteiger partial charge in [0.2, 0.25) is 0 Å². The molecule has 2 rings (SSSR count). The van der Waals surface area contributed by atoms with Crippen LogP contribution >= 0.6 is 11.6 Å². The van der Waals surface area contributed by atoms with Gasteiger partial charge in [-0.2, -0.15) is 0 Å². The van der Waals surface area contributed by atoms with Crippen molar-refractivity contribution in [1.82, 2.24) is 0 Å². The molecule has 19 heavy (non-hydrogen) atoms. The summed E-state index contributed by atoms with van der Waals surface area (Å²) >= 11 is 5.45. The summed E-state index contributed by atoms with van der Waals surface area (Å²) in [6.45, 7) is 3.39. The number of benzene rings is 1. The van der Waals surface area contributed by atoms with Crippen LogP contribution in [0, 0.1) is 0 Å². The molecule has 104 valence electrons. The zero-order chi connectivity index (χ0) is 13.5. The Balaban J connectivity index is 1.96. The number of amides is 1. The smallest absolute Gasteiger partial charge is 0.411 e. The number of morpholine rings is 1. The van der Waals surface area contributed by atoms with E-state index >= 15 is 0 Å². The maximum atomic E-state index is 11.4. The van der Waals surface area contributed by atoms with Crippen LogP contribution in [0.25, 0.3) is 0 Å². The molecule has 1 N–H and O–H groups in total. The van der Waals surface area contributed by atoms with Crippen molar-refractivity contribution in [2.24, 2.45) is 0 Å². The van der Waals surface area contributed by atoms with Crippen molar-refractivity contribution in [2.75, 3.05) is 49.0 Å². The number of carbonyl (C=O) groups excluding carboxylic acids is 1. The lowest BCUT2D eigenvalue weighted by molar-refractivity contribution is 0.122. The number of alkyl halides is 1. The minimum atomic E-state index is -0.486. The number of hydrogen-bond acceptors (Lipinski definition) is 4. The number of anilines is 2. The van der Waals surface area contributed by atoms with Crippen LogP contribution < -0.4 is 10.2 Å². The van der Waals surface area contributed by atoms with Gasteiger partial charge in [0, 0.05) is 24.5 Å². The maximum Gasteiger partial charge on any atom is 0.411 e. The first-order valence-corrected chi connectivity index (χ1v) is 6.75. The molecule has 1 aromatic carbocycles. The molecule has 0 saturated carbocycles. The summed E-state index contributed by atoms with van der Waals surface area (Å²) in [6, 6.07) is 7.67. The summed E-state index contributed by atoms with van der Waals surface area (Å²) in [5, 5.41) is 2.68. The molecule has 6 heteroatoms. The second-order valence-corrected chi connectivity index (χ2v) is 4.48. The Hall–Kier alpha value is -1.46. The van der Waals surface area contributed by atoms with Crippen molar-refractivity contribution in [3.05, 3.63) is 24.3 Å². The Kier molecular flexibility index (Phi) is 5.30. The zero-order valence-electron chi connectivity index (χ0n) is 10.6. The molecule has 0 aromatic heterocycles. The summed E-state index contributed by atoms with van der Waals surface area (Å²) in [5.41, 5.74) is 1.78. The quantitative estimate of drug-likeness (QED) is 0.862. The molecule has 0 spiro atoms. The van der Waals surface area contributed by atoms with E-state index in [4.69, 9.17) is 21.1 Å². The predicted octanol–water partition coefficient (Wildman–Crippen LogP) is 2.31. The fourth-order valence-electron chi connectivity index (χ4n) is 1.89. The number of nitrogens with zero attached hydrogens (tertiary/aromatic N) is 1. The average molecular weight is 285 g/mol. The summed E-state index contributed by atoms with van der Waals surface area (Å²) in [5.74, 6) is 0.293. The van der Waals surface area contributed by atoms with E-state index in [9.17, 15) is 4.79 Å². The highest BCUT2D eigenvalue weighted by Crippen LogP contribution is 2.20. The molecule has 0 atom stereocenters. The molecule has 0 radical (unpaired) electrons. The summed E-state index contributed by atoms with van der Waals surface area (Å²) < 4.78 is 10.2. The third-order valence-electron chi connectivity index (χ3n) is 2.78. The van der Waals surface area contributed by atoms with Crippen LogP contribution in [0.3, 0.4) is 0 Å². The van der Waals surface area contributed by atoms with Crippen molar-refractivity contribution in [2.45, 2.75) is 0 Å². The van der Waals surface area contributed by atoms with E-state index in [2.05, 4.69) is 10.2 Å². The van der Waals surface area contributed by atoms with Gasteiger partial charge in [0.15, 0.2) is 0 Å². The summed E-state index contributed by atoms with van der Waals surface area (Å²) in [4.78, 5) is 13.7. The van der Waals surface area contributed by atoms with Crippen LogP contribution in [-0.2, 0) is 9.47 Å². The molecule has 0 aliphatic carbocycles. The highest BCUT2D eigenvalue weighted by atomic mass is 35.5. The van der Waals surface area contributed by atoms with Crippen LogP contribution in [0.5, 0.6) is 0 Å². The van der Waals surface area contributed by atoms with Crippen molar-refractivity contribution in [1.29, 1.82) is 0 Å². The Labute approximate surface area is 117 Å². The molecule has 1 saturated heterocycles. The molecule has 1 aromatic rings. The Morgan fingerprint density at radius 2 is 2.21 bits per heavy atom. The van der Waals surface area contributed by atoms with E-state index < -0.39 is 6.09 Å². The number of ether oxygens (including phenoxy) is 2.